The second kappa shape index (κ2) is 6.71. The number of nitrogens with zero attached hydrogens (tertiary/aromatic N) is 1. The van der Waals surface area contributed by atoms with E-state index in [9.17, 15) is 4.79 Å². The molecule has 1 amide bonds. The Kier molecular flexibility index (Phi) is 4.97. The van der Waals surface area contributed by atoms with E-state index in [1.165, 1.54) is 24.0 Å². The molecule has 1 aliphatic rings. The number of amides is 1. The van der Waals surface area contributed by atoms with E-state index in [4.69, 9.17) is 0 Å². The largest absolute Gasteiger partial charge is 0.339 e. The van der Waals surface area contributed by atoms with Gasteiger partial charge >= 0.3 is 0 Å². The van der Waals surface area contributed by atoms with Crippen molar-refractivity contribution in [2.75, 3.05) is 13.1 Å². The summed E-state index contributed by atoms with van der Waals surface area (Å²) in [5.41, 5.74) is 2.59. The first-order chi connectivity index (χ1) is 9.24. The molecule has 19 heavy (non-hydrogen) atoms. The smallest absolute Gasteiger partial charge is 0.236 e. The third-order valence-corrected chi connectivity index (χ3v) is 3.69. The van der Waals surface area contributed by atoms with Gasteiger partial charge in [0.1, 0.15) is 0 Å². The maximum atomic E-state index is 12.0. The highest BCUT2D eigenvalue weighted by Gasteiger charge is 2.30. The van der Waals surface area contributed by atoms with Crippen molar-refractivity contribution in [1.29, 1.82) is 0 Å². The molecule has 0 saturated heterocycles. The zero-order valence-corrected chi connectivity index (χ0v) is 12.0. The number of hydrogen-bond acceptors (Lipinski definition) is 2. The lowest BCUT2D eigenvalue weighted by Crippen LogP contribution is -2.39. The summed E-state index contributed by atoms with van der Waals surface area (Å²) < 4.78 is 0. The fourth-order valence-corrected chi connectivity index (χ4v) is 2.33. The van der Waals surface area contributed by atoms with Gasteiger partial charge in [0.15, 0.2) is 0 Å². The van der Waals surface area contributed by atoms with Crippen molar-refractivity contribution in [3.63, 3.8) is 0 Å². The maximum Gasteiger partial charge on any atom is 0.236 e. The highest BCUT2D eigenvalue weighted by molar-refractivity contribution is 5.78. The molecule has 1 N–H and O–H groups in total. The van der Waals surface area contributed by atoms with Crippen LogP contribution in [0.2, 0.25) is 0 Å². The van der Waals surface area contributed by atoms with Gasteiger partial charge in [0.25, 0.3) is 0 Å². The lowest BCUT2D eigenvalue weighted by Gasteiger charge is -2.20. The Hall–Kier alpha value is -1.35. The Bertz CT molecular complexity index is 409. The SMILES string of the molecule is CCc1ccc(CNCC(=O)N(CC)C2CC2)cc1. The van der Waals surface area contributed by atoms with Gasteiger partial charge in [-0.25, -0.2) is 0 Å². The molecule has 104 valence electrons. The molecule has 2 rings (SSSR count). The molecule has 0 atom stereocenters. The Morgan fingerprint density at radius 2 is 1.84 bits per heavy atom. The first-order valence-electron chi connectivity index (χ1n) is 7.32. The fourth-order valence-electron chi connectivity index (χ4n) is 2.33. The van der Waals surface area contributed by atoms with E-state index in [0.717, 1.165) is 19.5 Å². The molecular weight excluding hydrogens is 236 g/mol. The third kappa shape index (κ3) is 4.06. The van der Waals surface area contributed by atoms with E-state index >= 15 is 0 Å². The van der Waals surface area contributed by atoms with E-state index in [1.807, 2.05) is 4.90 Å². The average Bonchev–Trinajstić information content (AvgIpc) is 3.25. The van der Waals surface area contributed by atoms with Gasteiger partial charge in [-0.05, 0) is 37.3 Å². The summed E-state index contributed by atoms with van der Waals surface area (Å²) in [6.07, 6.45) is 3.43. The normalized spacial score (nSPS) is 14.4. The first kappa shape index (κ1) is 14.1. The zero-order valence-electron chi connectivity index (χ0n) is 12.0. The van der Waals surface area contributed by atoms with Crippen molar-refractivity contribution in [1.82, 2.24) is 10.2 Å². The van der Waals surface area contributed by atoms with Crippen molar-refractivity contribution < 1.29 is 4.79 Å². The van der Waals surface area contributed by atoms with Crippen LogP contribution in [0.15, 0.2) is 24.3 Å². The molecule has 0 aromatic heterocycles. The van der Waals surface area contributed by atoms with Crippen LogP contribution in [0.4, 0.5) is 0 Å². The number of likely N-dealkylation sites (N-methyl/N-ethyl adjacent to an activating group) is 1. The quantitative estimate of drug-likeness (QED) is 0.816. The van der Waals surface area contributed by atoms with Gasteiger partial charge in [-0.1, -0.05) is 31.2 Å². The van der Waals surface area contributed by atoms with Crippen molar-refractivity contribution in [3.8, 4) is 0 Å². The molecule has 1 aromatic rings. The summed E-state index contributed by atoms with van der Waals surface area (Å²) >= 11 is 0. The summed E-state index contributed by atoms with van der Waals surface area (Å²) in [6.45, 7) is 6.25. The molecule has 1 aliphatic carbocycles. The van der Waals surface area contributed by atoms with Crippen LogP contribution < -0.4 is 5.32 Å². The Morgan fingerprint density at radius 1 is 1.21 bits per heavy atom. The lowest BCUT2D eigenvalue weighted by atomic mass is 10.1. The predicted octanol–water partition coefficient (Wildman–Crippen LogP) is 2.35. The van der Waals surface area contributed by atoms with Gasteiger partial charge in [-0.2, -0.15) is 0 Å². The van der Waals surface area contributed by atoms with Crippen LogP contribution in [0.5, 0.6) is 0 Å². The van der Waals surface area contributed by atoms with Crippen molar-refractivity contribution in [2.45, 2.75) is 45.7 Å². The van der Waals surface area contributed by atoms with Gasteiger partial charge in [-0.3, -0.25) is 4.79 Å². The molecule has 1 fully saturated rings. The minimum Gasteiger partial charge on any atom is -0.339 e. The van der Waals surface area contributed by atoms with E-state index < -0.39 is 0 Å². The zero-order chi connectivity index (χ0) is 13.7. The average molecular weight is 260 g/mol. The number of rotatable bonds is 7. The summed E-state index contributed by atoms with van der Waals surface area (Å²) in [7, 11) is 0. The number of benzene rings is 1. The van der Waals surface area contributed by atoms with Crippen LogP contribution in [0, 0.1) is 0 Å². The monoisotopic (exact) mass is 260 g/mol. The van der Waals surface area contributed by atoms with E-state index in [1.54, 1.807) is 0 Å². The minimum atomic E-state index is 0.232. The Labute approximate surface area is 116 Å². The molecule has 0 bridgehead atoms. The number of aryl methyl sites for hydroxylation is 1. The molecular formula is C16H24N2O. The highest BCUT2D eigenvalue weighted by atomic mass is 16.2. The van der Waals surface area contributed by atoms with Gasteiger partial charge in [0.05, 0.1) is 6.54 Å². The topological polar surface area (TPSA) is 32.3 Å². The van der Waals surface area contributed by atoms with E-state index in [2.05, 4.69) is 43.4 Å². The van der Waals surface area contributed by atoms with Crippen LogP contribution in [-0.2, 0) is 17.8 Å². The Balaban J connectivity index is 1.74. The molecule has 1 aromatic carbocycles. The highest BCUT2D eigenvalue weighted by Crippen LogP contribution is 2.26. The molecule has 0 aliphatic heterocycles. The predicted molar refractivity (Wildman–Crippen MR) is 77.9 cm³/mol. The van der Waals surface area contributed by atoms with E-state index in [0.29, 0.717) is 12.6 Å². The summed E-state index contributed by atoms with van der Waals surface area (Å²) in [6, 6.07) is 9.09. The van der Waals surface area contributed by atoms with Gasteiger partial charge in [0.2, 0.25) is 5.91 Å². The first-order valence-corrected chi connectivity index (χ1v) is 7.32. The lowest BCUT2D eigenvalue weighted by molar-refractivity contribution is -0.130. The molecule has 0 spiro atoms. The second-order valence-corrected chi connectivity index (χ2v) is 5.18. The minimum absolute atomic E-state index is 0.232. The summed E-state index contributed by atoms with van der Waals surface area (Å²) in [5.74, 6) is 0.232. The number of carbonyl (C=O) groups excluding carboxylic acids is 1. The van der Waals surface area contributed by atoms with Crippen molar-refractivity contribution in [3.05, 3.63) is 35.4 Å². The van der Waals surface area contributed by atoms with Gasteiger partial charge < -0.3 is 10.2 Å². The molecule has 0 heterocycles. The van der Waals surface area contributed by atoms with Crippen LogP contribution >= 0.6 is 0 Å². The number of nitrogens with one attached hydrogen (secondary N) is 1. The number of carbonyl (C=O) groups is 1. The van der Waals surface area contributed by atoms with Gasteiger partial charge in [0, 0.05) is 19.1 Å². The van der Waals surface area contributed by atoms with Crippen LogP contribution in [0.25, 0.3) is 0 Å². The number of hydrogen-bond donors (Lipinski definition) is 1. The molecule has 3 heteroatoms. The maximum absolute atomic E-state index is 12.0. The standard InChI is InChI=1S/C16H24N2O/c1-3-13-5-7-14(8-6-13)11-17-12-16(19)18(4-2)15-9-10-15/h5-8,15,17H,3-4,9-12H2,1-2H3. The van der Waals surface area contributed by atoms with Crippen LogP contribution in [0.1, 0.15) is 37.8 Å². The van der Waals surface area contributed by atoms with Crippen molar-refractivity contribution in [2.24, 2.45) is 0 Å². The van der Waals surface area contributed by atoms with Crippen LogP contribution in [0.3, 0.4) is 0 Å². The summed E-state index contributed by atoms with van der Waals surface area (Å²) in [4.78, 5) is 14.0. The molecule has 0 radical (unpaired) electrons. The second-order valence-electron chi connectivity index (χ2n) is 5.18. The summed E-state index contributed by atoms with van der Waals surface area (Å²) in [5, 5.41) is 3.25. The molecule has 1 saturated carbocycles. The molecule has 3 nitrogen and oxygen atoms in total. The van der Waals surface area contributed by atoms with Crippen LogP contribution in [-0.4, -0.2) is 29.9 Å². The van der Waals surface area contributed by atoms with E-state index in [-0.39, 0.29) is 5.91 Å². The molecule has 0 unspecified atom stereocenters. The fraction of sp³-hybridized carbons (Fsp3) is 0.562. The third-order valence-electron chi connectivity index (χ3n) is 3.69. The van der Waals surface area contributed by atoms with Gasteiger partial charge in [-0.15, -0.1) is 0 Å². The Morgan fingerprint density at radius 3 is 2.37 bits per heavy atom. The van der Waals surface area contributed by atoms with Crippen molar-refractivity contribution >= 4 is 5.91 Å².